The van der Waals surface area contributed by atoms with E-state index in [1.54, 1.807) is 18.2 Å². The first kappa shape index (κ1) is 18.2. The molecule has 0 aromatic heterocycles. The minimum absolute atomic E-state index is 0.127. The van der Waals surface area contributed by atoms with Crippen molar-refractivity contribution in [1.29, 1.82) is 0 Å². The van der Waals surface area contributed by atoms with Crippen molar-refractivity contribution in [1.82, 2.24) is 9.80 Å². The predicted octanol–water partition coefficient (Wildman–Crippen LogP) is 1.67. The summed E-state index contributed by atoms with van der Waals surface area (Å²) in [5, 5.41) is 2.84. The molecule has 0 saturated carbocycles. The van der Waals surface area contributed by atoms with Gasteiger partial charge in [-0.05, 0) is 30.3 Å². The summed E-state index contributed by atoms with van der Waals surface area (Å²) >= 11 is 0. The normalized spacial score (nSPS) is 17.0. The molecule has 0 spiro atoms. The van der Waals surface area contributed by atoms with Gasteiger partial charge in [0.25, 0.3) is 11.8 Å². The number of amides is 3. The molecular formula is C21H22N4O3. The maximum absolute atomic E-state index is 12.4. The largest absolute Gasteiger partial charge is 0.369 e. The number of carbonyl (C=O) groups is 3. The number of para-hydroxylation sites is 1. The van der Waals surface area contributed by atoms with Crippen molar-refractivity contribution in [2.24, 2.45) is 0 Å². The highest BCUT2D eigenvalue weighted by atomic mass is 16.2. The lowest BCUT2D eigenvalue weighted by Gasteiger charge is -2.35. The van der Waals surface area contributed by atoms with Gasteiger partial charge in [0.15, 0.2) is 0 Å². The quantitative estimate of drug-likeness (QED) is 0.820. The van der Waals surface area contributed by atoms with Gasteiger partial charge in [-0.25, -0.2) is 0 Å². The standard InChI is InChI=1S/C21H22N4O3/c1-23-20(27)17-8-7-15(13-18(17)21(23)28)22-19(26)14-24-9-11-25(12-10-24)16-5-3-2-4-6-16/h2-8,13H,9-12,14H2,1H3,(H,22,26). The van der Waals surface area contributed by atoms with Crippen LogP contribution in [0.25, 0.3) is 0 Å². The maximum atomic E-state index is 12.4. The van der Waals surface area contributed by atoms with Gasteiger partial charge >= 0.3 is 0 Å². The lowest BCUT2D eigenvalue weighted by Crippen LogP contribution is -2.48. The van der Waals surface area contributed by atoms with E-state index in [4.69, 9.17) is 0 Å². The van der Waals surface area contributed by atoms with Crippen molar-refractivity contribution in [3.63, 3.8) is 0 Å². The van der Waals surface area contributed by atoms with E-state index in [1.807, 2.05) is 18.2 Å². The molecule has 2 aliphatic rings. The fourth-order valence-corrected chi connectivity index (χ4v) is 3.65. The van der Waals surface area contributed by atoms with Crippen LogP contribution in [0.3, 0.4) is 0 Å². The van der Waals surface area contributed by atoms with Crippen molar-refractivity contribution < 1.29 is 14.4 Å². The Hall–Kier alpha value is -3.19. The molecule has 7 heteroatoms. The van der Waals surface area contributed by atoms with E-state index in [0.717, 1.165) is 31.1 Å². The number of rotatable bonds is 4. The maximum Gasteiger partial charge on any atom is 0.261 e. The van der Waals surface area contributed by atoms with Crippen LogP contribution in [0.2, 0.25) is 0 Å². The van der Waals surface area contributed by atoms with E-state index in [0.29, 0.717) is 23.4 Å². The molecule has 7 nitrogen and oxygen atoms in total. The molecule has 2 aromatic carbocycles. The Morgan fingerprint density at radius 3 is 2.32 bits per heavy atom. The molecule has 4 rings (SSSR count). The summed E-state index contributed by atoms with van der Waals surface area (Å²) in [7, 11) is 1.46. The highest BCUT2D eigenvalue weighted by Crippen LogP contribution is 2.24. The third-order valence-corrected chi connectivity index (χ3v) is 5.23. The second-order valence-electron chi connectivity index (χ2n) is 7.08. The van der Waals surface area contributed by atoms with Crippen LogP contribution < -0.4 is 10.2 Å². The van der Waals surface area contributed by atoms with Crippen LogP contribution in [0.5, 0.6) is 0 Å². The number of piperazine rings is 1. The zero-order chi connectivity index (χ0) is 19.7. The van der Waals surface area contributed by atoms with Crippen LogP contribution in [0.15, 0.2) is 48.5 Å². The fourth-order valence-electron chi connectivity index (χ4n) is 3.65. The van der Waals surface area contributed by atoms with Gasteiger partial charge in [0.2, 0.25) is 5.91 Å². The predicted molar refractivity (Wildman–Crippen MR) is 107 cm³/mol. The molecule has 0 radical (unpaired) electrons. The van der Waals surface area contributed by atoms with Crippen LogP contribution >= 0.6 is 0 Å². The molecule has 28 heavy (non-hydrogen) atoms. The second kappa shape index (κ2) is 7.44. The van der Waals surface area contributed by atoms with Gasteiger partial charge in [0, 0.05) is 44.6 Å². The Morgan fingerprint density at radius 2 is 1.61 bits per heavy atom. The summed E-state index contributed by atoms with van der Waals surface area (Å²) in [5.41, 5.74) is 2.45. The van der Waals surface area contributed by atoms with Crippen molar-refractivity contribution in [2.75, 3.05) is 50.0 Å². The number of hydrogen-bond acceptors (Lipinski definition) is 5. The van der Waals surface area contributed by atoms with Gasteiger partial charge in [-0.1, -0.05) is 18.2 Å². The molecule has 3 amide bonds. The van der Waals surface area contributed by atoms with Crippen LogP contribution in [-0.2, 0) is 4.79 Å². The van der Waals surface area contributed by atoms with Crippen LogP contribution in [0.4, 0.5) is 11.4 Å². The molecule has 0 atom stereocenters. The molecule has 2 heterocycles. The van der Waals surface area contributed by atoms with Crippen molar-refractivity contribution >= 4 is 29.1 Å². The summed E-state index contributed by atoms with van der Waals surface area (Å²) in [6, 6.07) is 15.1. The van der Waals surface area contributed by atoms with E-state index in [9.17, 15) is 14.4 Å². The molecule has 1 saturated heterocycles. The zero-order valence-corrected chi connectivity index (χ0v) is 15.7. The van der Waals surface area contributed by atoms with Gasteiger partial charge in [-0.3, -0.25) is 24.2 Å². The van der Waals surface area contributed by atoms with E-state index in [2.05, 4.69) is 27.2 Å². The van der Waals surface area contributed by atoms with E-state index in [-0.39, 0.29) is 17.7 Å². The first-order chi connectivity index (χ1) is 13.5. The molecule has 0 bridgehead atoms. The minimum atomic E-state index is -0.340. The van der Waals surface area contributed by atoms with Crippen molar-refractivity contribution in [3.05, 3.63) is 59.7 Å². The third-order valence-electron chi connectivity index (χ3n) is 5.23. The van der Waals surface area contributed by atoms with Crippen LogP contribution in [0.1, 0.15) is 20.7 Å². The van der Waals surface area contributed by atoms with E-state index < -0.39 is 0 Å². The topological polar surface area (TPSA) is 73.0 Å². The summed E-state index contributed by atoms with van der Waals surface area (Å²) in [4.78, 5) is 42.0. The first-order valence-electron chi connectivity index (χ1n) is 9.31. The number of imide groups is 1. The zero-order valence-electron chi connectivity index (χ0n) is 15.7. The second-order valence-corrected chi connectivity index (χ2v) is 7.08. The van der Waals surface area contributed by atoms with Crippen molar-refractivity contribution in [3.8, 4) is 0 Å². The molecule has 1 N–H and O–H groups in total. The summed E-state index contributed by atoms with van der Waals surface area (Å²) in [5.74, 6) is -0.777. The molecule has 0 unspecified atom stereocenters. The molecule has 1 fully saturated rings. The highest BCUT2D eigenvalue weighted by Gasteiger charge is 2.32. The van der Waals surface area contributed by atoms with Crippen molar-refractivity contribution in [2.45, 2.75) is 0 Å². The molecular weight excluding hydrogens is 356 g/mol. The van der Waals surface area contributed by atoms with Crippen LogP contribution in [0, 0.1) is 0 Å². The molecule has 0 aliphatic carbocycles. The number of anilines is 2. The van der Waals surface area contributed by atoms with Crippen LogP contribution in [-0.4, -0.2) is 67.3 Å². The van der Waals surface area contributed by atoms with E-state index in [1.165, 1.54) is 12.7 Å². The Morgan fingerprint density at radius 1 is 0.929 bits per heavy atom. The smallest absolute Gasteiger partial charge is 0.261 e. The monoisotopic (exact) mass is 378 g/mol. The van der Waals surface area contributed by atoms with Gasteiger partial charge in [-0.2, -0.15) is 0 Å². The average Bonchev–Trinajstić information content (AvgIpc) is 2.93. The summed E-state index contributed by atoms with van der Waals surface area (Å²) < 4.78 is 0. The number of benzene rings is 2. The number of nitrogens with zero attached hydrogens (tertiary/aromatic N) is 3. The summed E-state index contributed by atoms with van der Waals surface area (Å²) in [6.07, 6.45) is 0. The Labute approximate surface area is 163 Å². The highest BCUT2D eigenvalue weighted by molar-refractivity contribution is 6.21. The first-order valence-corrected chi connectivity index (χ1v) is 9.31. The lowest BCUT2D eigenvalue weighted by atomic mass is 10.1. The fraction of sp³-hybridized carbons (Fsp3) is 0.286. The van der Waals surface area contributed by atoms with E-state index >= 15 is 0 Å². The Balaban J connectivity index is 1.32. The SMILES string of the molecule is CN1C(=O)c2ccc(NC(=O)CN3CCN(c4ccccc4)CC3)cc2C1=O. The number of hydrogen-bond donors (Lipinski definition) is 1. The Bertz CT molecular complexity index is 921. The molecule has 2 aromatic rings. The molecule has 2 aliphatic heterocycles. The van der Waals surface area contributed by atoms with Gasteiger partial charge in [0.05, 0.1) is 17.7 Å². The molecule has 144 valence electrons. The number of fused-ring (bicyclic) bond motifs is 1. The summed E-state index contributed by atoms with van der Waals surface area (Å²) in [6.45, 7) is 3.67. The lowest BCUT2D eigenvalue weighted by molar-refractivity contribution is -0.117. The Kier molecular flexibility index (Phi) is 4.83. The van der Waals surface area contributed by atoms with Gasteiger partial charge < -0.3 is 10.2 Å². The average molecular weight is 378 g/mol. The van der Waals surface area contributed by atoms with Gasteiger partial charge in [0.1, 0.15) is 0 Å². The number of nitrogens with one attached hydrogen (secondary N) is 1. The third kappa shape index (κ3) is 3.48. The van der Waals surface area contributed by atoms with Gasteiger partial charge in [-0.15, -0.1) is 0 Å². The number of carbonyl (C=O) groups excluding carboxylic acids is 3. The minimum Gasteiger partial charge on any atom is -0.369 e.